The van der Waals surface area contributed by atoms with Crippen LogP contribution in [0.1, 0.15) is 43.4 Å². The standard InChI is InChI=1S/C30H33ClF3N3O4S/c1-4-5-17-35-29(39)22(3)36(19-23-13-11-21(2)12-14-23)28(38)20-37(42(40,41)25-9-7-6-8-10-25)24-15-16-27(31)26(18-24)30(32,33)34/h6-16,18,22H,4-5,17,19-20H2,1-3H3,(H,35,39)/t22-/m1/s1. The third kappa shape index (κ3) is 8.25. The molecule has 0 aliphatic heterocycles. The van der Waals surface area contributed by atoms with Crippen LogP contribution < -0.4 is 9.62 Å². The topological polar surface area (TPSA) is 86.8 Å². The van der Waals surface area contributed by atoms with Crippen LogP contribution in [0, 0.1) is 6.92 Å². The molecule has 1 N–H and O–H groups in total. The fourth-order valence-corrected chi connectivity index (χ4v) is 5.79. The fraction of sp³-hybridized carbons (Fsp3) is 0.333. The van der Waals surface area contributed by atoms with Gasteiger partial charge in [0.25, 0.3) is 10.0 Å². The molecule has 12 heteroatoms. The third-order valence-corrected chi connectivity index (χ3v) is 8.74. The maximum absolute atomic E-state index is 13.9. The minimum Gasteiger partial charge on any atom is -0.354 e. The van der Waals surface area contributed by atoms with Gasteiger partial charge in [-0.05, 0) is 56.2 Å². The largest absolute Gasteiger partial charge is 0.417 e. The molecule has 3 rings (SSSR count). The number of halogens is 4. The molecule has 0 saturated carbocycles. The van der Waals surface area contributed by atoms with Crippen LogP contribution in [-0.2, 0) is 32.3 Å². The van der Waals surface area contributed by atoms with E-state index in [0.717, 1.165) is 30.5 Å². The summed E-state index contributed by atoms with van der Waals surface area (Å²) in [5.41, 5.74) is 0.0117. The van der Waals surface area contributed by atoms with Gasteiger partial charge >= 0.3 is 6.18 Å². The summed E-state index contributed by atoms with van der Waals surface area (Å²) in [6.07, 6.45) is -3.30. The molecule has 0 saturated heterocycles. The van der Waals surface area contributed by atoms with Gasteiger partial charge in [0.05, 0.1) is 21.2 Å². The highest BCUT2D eigenvalue weighted by Gasteiger charge is 2.37. The number of nitrogens with one attached hydrogen (secondary N) is 1. The van der Waals surface area contributed by atoms with Crippen molar-refractivity contribution in [3.63, 3.8) is 0 Å². The molecule has 0 aliphatic rings. The van der Waals surface area contributed by atoms with Crippen molar-refractivity contribution < 1.29 is 31.2 Å². The van der Waals surface area contributed by atoms with Crippen molar-refractivity contribution >= 4 is 39.1 Å². The summed E-state index contributed by atoms with van der Waals surface area (Å²) < 4.78 is 69.3. The quantitative estimate of drug-likeness (QED) is 0.244. The Labute approximate surface area is 249 Å². The first-order chi connectivity index (χ1) is 19.8. The van der Waals surface area contributed by atoms with E-state index >= 15 is 0 Å². The van der Waals surface area contributed by atoms with E-state index in [0.29, 0.717) is 22.5 Å². The zero-order valence-electron chi connectivity index (χ0n) is 23.5. The van der Waals surface area contributed by atoms with Crippen LogP contribution in [0.15, 0.2) is 77.7 Å². The van der Waals surface area contributed by atoms with Gasteiger partial charge in [-0.25, -0.2) is 8.42 Å². The Hall–Kier alpha value is -3.57. The smallest absolute Gasteiger partial charge is 0.354 e. The lowest BCUT2D eigenvalue weighted by Crippen LogP contribution is -2.51. The van der Waals surface area contributed by atoms with E-state index < -0.39 is 56.9 Å². The van der Waals surface area contributed by atoms with Crippen LogP contribution in [0.3, 0.4) is 0 Å². The SMILES string of the molecule is CCCCNC(=O)[C@@H](C)N(Cc1ccc(C)cc1)C(=O)CN(c1ccc(Cl)c(C(F)(F)F)c1)S(=O)(=O)c1ccccc1. The Bertz CT molecular complexity index is 1480. The van der Waals surface area contributed by atoms with Crippen LogP contribution in [0.25, 0.3) is 0 Å². The van der Waals surface area contributed by atoms with Crippen molar-refractivity contribution in [3.8, 4) is 0 Å². The molecule has 7 nitrogen and oxygen atoms in total. The molecule has 42 heavy (non-hydrogen) atoms. The number of rotatable bonds is 12. The van der Waals surface area contributed by atoms with Gasteiger partial charge in [-0.2, -0.15) is 13.2 Å². The highest BCUT2D eigenvalue weighted by molar-refractivity contribution is 7.92. The maximum Gasteiger partial charge on any atom is 0.417 e. The highest BCUT2D eigenvalue weighted by Crippen LogP contribution is 2.38. The Morgan fingerprint density at radius 3 is 2.24 bits per heavy atom. The fourth-order valence-electron chi connectivity index (χ4n) is 4.14. The number of benzene rings is 3. The van der Waals surface area contributed by atoms with Crippen LogP contribution in [0.4, 0.5) is 18.9 Å². The summed E-state index contributed by atoms with van der Waals surface area (Å²) in [5, 5.41) is 2.16. The number of hydrogen-bond donors (Lipinski definition) is 1. The van der Waals surface area contributed by atoms with Gasteiger partial charge < -0.3 is 10.2 Å². The number of carbonyl (C=O) groups excluding carboxylic acids is 2. The number of alkyl halides is 3. The number of aryl methyl sites for hydroxylation is 1. The van der Waals surface area contributed by atoms with Crippen molar-refractivity contribution in [2.24, 2.45) is 0 Å². The molecular formula is C30H33ClF3N3O4S. The van der Waals surface area contributed by atoms with E-state index in [2.05, 4.69) is 5.32 Å². The molecule has 3 aromatic rings. The summed E-state index contributed by atoms with van der Waals surface area (Å²) in [6.45, 7) is 4.87. The maximum atomic E-state index is 13.9. The van der Waals surface area contributed by atoms with E-state index in [9.17, 15) is 31.2 Å². The van der Waals surface area contributed by atoms with Gasteiger partial charge in [0.1, 0.15) is 12.6 Å². The third-order valence-electron chi connectivity index (χ3n) is 6.62. The number of hydrogen-bond acceptors (Lipinski definition) is 4. The minimum atomic E-state index is -4.87. The average Bonchev–Trinajstić information content (AvgIpc) is 2.95. The number of amides is 2. The van der Waals surface area contributed by atoms with Crippen molar-refractivity contribution in [3.05, 3.63) is 94.5 Å². The predicted octanol–water partition coefficient (Wildman–Crippen LogP) is 6.20. The van der Waals surface area contributed by atoms with Crippen LogP contribution >= 0.6 is 11.6 Å². The van der Waals surface area contributed by atoms with Crippen LogP contribution in [0.2, 0.25) is 5.02 Å². The lowest BCUT2D eigenvalue weighted by molar-refractivity contribution is -0.139. The summed E-state index contributed by atoms with van der Waals surface area (Å²) in [4.78, 5) is 27.9. The summed E-state index contributed by atoms with van der Waals surface area (Å²) in [5.74, 6) is -1.22. The van der Waals surface area contributed by atoms with E-state index in [-0.39, 0.29) is 11.4 Å². The Balaban J connectivity index is 2.07. The van der Waals surface area contributed by atoms with Gasteiger partial charge in [0.2, 0.25) is 11.8 Å². The Morgan fingerprint density at radius 1 is 1.00 bits per heavy atom. The van der Waals surface area contributed by atoms with Gasteiger partial charge in [-0.15, -0.1) is 0 Å². The number of unbranched alkanes of at least 4 members (excludes halogenated alkanes) is 1. The van der Waals surface area contributed by atoms with E-state index in [1.165, 1.54) is 36.1 Å². The highest BCUT2D eigenvalue weighted by atomic mass is 35.5. The molecule has 226 valence electrons. The van der Waals surface area contributed by atoms with E-state index in [1.807, 2.05) is 26.0 Å². The lowest BCUT2D eigenvalue weighted by atomic mass is 10.1. The molecule has 1 atom stereocenters. The molecule has 2 amide bonds. The number of nitrogens with zero attached hydrogens (tertiary/aromatic N) is 2. The normalized spacial score (nSPS) is 12.5. The van der Waals surface area contributed by atoms with Crippen molar-refractivity contribution in [2.45, 2.75) is 57.3 Å². The monoisotopic (exact) mass is 623 g/mol. The second-order valence-corrected chi connectivity index (χ2v) is 12.1. The number of carbonyl (C=O) groups is 2. The second kappa shape index (κ2) is 14.1. The number of sulfonamides is 1. The first kappa shape index (κ1) is 32.9. The second-order valence-electron chi connectivity index (χ2n) is 9.81. The zero-order valence-corrected chi connectivity index (χ0v) is 25.1. The van der Waals surface area contributed by atoms with Gasteiger partial charge in [-0.1, -0.05) is 73.0 Å². The molecule has 0 radical (unpaired) electrons. The summed E-state index contributed by atoms with van der Waals surface area (Å²) in [7, 11) is -4.52. The summed E-state index contributed by atoms with van der Waals surface area (Å²) in [6, 6.07) is 15.9. The van der Waals surface area contributed by atoms with Crippen molar-refractivity contribution in [2.75, 3.05) is 17.4 Å². The molecule has 0 unspecified atom stereocenters. The Kier molecular flexibility index (Phi) is 11.0. The minimum absolute atomic E-state index is 0.0326. The van der Waals surface area contributed by atoms with E-state index in [1.54, 1.807) is 18.2 Å². The molecule has 0 aromatic heterocycles. The predicted molar refractivity (Wildman–Crippen MR) is 157 cm³/mol. The van der Waals surface area contributed by atoms with Gasteiger partial charge in [-0.3, -0.25) is 13.9 Å². The molecule has 0 aliphatic carbocycles. The van der Waals surface area contributed by atoms with Crippen molar-refractivity contribution in [1.29, 1.82) is 0 Å². The average molecular weight is 624 g/mol. The molecule has 0 bridgehead atoms. The first-order valence-corrected chi connectivity index (χ1v) is 15.1. The molecule has 0 heterocycles. The van der Waals surface area contributed by atoms with Gasteiger partial charge in [0.15, 0.2) is 0 Å². The first-order valence-electron chi connectivity index (χ1n) is 13.3. The molecule has 0 fully saturated rings. The molecular weight excluding hydrogens is 591 g/mol. The summed E-state index contributed by atoms with van der Waals surface area (Å²) >= 11 is 5.80. The van der Waals surface area contributed by atoms with Crippen molar-refractivity contribution in [1.82, 2.24) is 10.2 Å². The zero-order chi connectivity index (χ0) is 31.1. The lowest BCUT2D eigenvalue weighted by Gasteiger charge is -2.32. The van der Waals surface area contributed by atoms with Crippen LogP contribution in [0.5, 0.6) is 0 Å². The van der Waals surface area contributed by atoms with Crippen LogP contribution in [-0.4, -0.2) is 44.3 Å². The van der Waals surface area contributed by atoms with Gasteiger partial charge in [0, 0.05) is 13.1 Å². The van der Waals surface area contributed by atoms with E-state index in [4.69, 9.17) is 11.6 Å². The molecule has 0 spiro atoms. The Morgan fingerprint density at radius 2 is 1.64 bits per heavy atom. The number of anilines is 1. The molecule has 3 aromatic carbocycles.